The molecule has 7 nitrogen and oxygen atoms in total. The van der Waals surface area contributed by atoms with Gasteiger partial charge in [0.15, 0.2) is 5.82 Å². The summed E-state index contributed by atoms with van der Waals surface area (Å²) in [6.45, 7) is 0. The standard InChI is InChI=1S/C23H20N4O3/c1-24-22-18-11-14(15-6-8-17(23(28)30-3)20(12-15)29-2)7-9-19(18)26-21(27-22)16-5-4-10-25-13-16/h4-13H,1-3H3,(H,24,26,27). The molecule has 0 atom stereocenters. The Morgan fingerprint density at radius 1 is 0.967 bits per heavy atom. The van der Waals surface area contributed by atoms with Crippen molar-refractivity contribution in [3.63, 3.8) is 0 Å². The zero-order valence-electron chi connectivity index (χ0n) is 16.8. The van der Waals surface area contributed by atoms with Crippen molar-refractivity contribution in [3.05, 3.63) is 66.5 Å². The fourth-order valence-corrected chi connectivity index (χ4v) is 3.27. The molecule has 0 spiro atoms. The fraction of sp³-hybridized carbons (Fsp3) is 0.130. The lowest BCUT2D eigenvalue weighted by atomic mass is 10.0. The first-order chi connectivity index (χ1) is 14.6. The molecule has 0 saturated heterocycles. The number of methoxy groups -OCH3 is 2. The summed E-state index contributed by atoms with van der Waals surface area (Å²) in [6.07, 6.45) is 3.46. The van der Waals surface area contributed by atoms with Crippen molar-refractivity contribution in [1.82, 2.24) is 15.0 Å². The molecule has 4 rings (SSSR count). The van der Waals surface area contributed by atoms with Crippen LogP contribution in [0.5, 0.6) is 5.75 Å². The van der Waals surface area contributed by atoms with Gasteiger partial charge < -0.3 is 14.8 Å². The zero-order chi connectivity index (χ0) is 21.1. The number of nitrogens with one attached hydrogen (secondary N) is 1. The molecule has 30 heavy (non-hydrogen) atoms. The Hall–Kier alpha value is -4.00. The van der Waals surface area contributed by atoms with Crippen molar-refractivity contribution in [2.75, 3.05) is 26.6 Å². The molecular weight excluding hydrogens is 380 g/mol. The molecule has 1 N–H and O–H groups in total. The van der Waals surface area contributed by atoms with E-state index in [9.17, 15) is 4.79 Å². The van der Waals surface area contributed by atoms with Crippen LogP contribution >= 0.6 is 0 Å². The van der Waals surface area contributed by atoms with E-state index in [1.165, 1.54) is 14.2 Å². The Balaban J connectivity index is 1.81. The van der Waals surface area contributed by atoms with Crippen LogP contribution in [0, 0.1) is 0 Å². The van der Waals surface area contributed by atoms with E-state index in [2.05, 4.69) is 15.3 Å². The number of aromatic nitrogens is 3. The number of carbonyl (C=O) groups excluding carboxylic acids is 1. The third-order valence-corrected chi connectivity index (χ3v) is 4.79. The van der Waals surface area contributed by atoms with Crippen LogP contribution in [0.15, 0.2) is 60.9 Å². The number of ether oxygens (including phenoxy) is 2. The van der Waals surface area contributed by atoms with E-state index in [0.29, 0.717) is 17.1 Å². The van der Waals surface area contributed by atoms with Gasteiger partial charge in [0, 0.05) is 30.4 Å². The number of pyridine rings is 1. The van der Waals surface area contributed by atoms with Gasteiger partial charge in [-0.2, -0.15) is 0 Å². The van der Waals surface area contributed by atoms with E-state index >= 15 is 0 Å². The summed E-state index contributed by atoms with van der Waals surface area (Å²) in [4.78, 5) is 25.4. The second-order valence-electron chi connectivity index (χ2n) is 6.53. The molecule has 0 saturated carbocycles. The van der Waals surface area contributed by atoms with Gasteiger partial charge >= 0.3 is 5.97 Å². The minimum atomic E-state index is -0.439. The van der Waals surface area contributed by atoms with Crippen molar-refractivity contribution >= 4 is 22.7 Å². The molecule has 2 aromatic heterocycles. The van der Waals surface area contributed by atoms with Crippen LogP contribution < -0.4 is 10.1 Å². The number of anilines is 1. The summed E-state index contributed by atoms with van der Waals surface area (Å²) in [7, 11) is 4.70. The number of rotatable bonds is 5. The Bertz CT molecular complexity index is 1230. The number of fused-ring (bicyclic) bond motifs is 1. The Morgan fingerprint density at radius 2 is 1.77 bits per heavy atom. The van der Waals surface area contributed by atoms with E-state index < -0.39 is 5.97 Å². The summed E-state index contributed by atoms with van der Waals surface area (Å²) in [6, 6.07) is 15.1. The van der Waals surface area contributed by atoms with Crippen LogP contribution in [0.1, 0.15) is 10.4 Å². The molecule has 0 bridgehead atoms. The summed E-state index contributed by atoms with van der Waals surface area (Å²) in [5.41, 5.74) is 3.90. The van der Waals surface area contributed by atoms with Gasteiger partial charge in [-0.15, -0.1) is 0 Å². The maximum atomic E-state index is 11.9. The molecule has 0 amide bonds. The van der Waals surface area contributed by atoms with E-state index in [-0.39, 0.29) is 0 Å². The van der Waals surface area contributed by atoms with Crippen molar-refractivity contribution in [2.24, 2.45) is 0 Å². The van der Waals surface area contributed by atoms with E-state index in [0.717, 1.165) is 33.4 Å². The minimum Gasteiger partial charge on any atom is -0.496 e. The largest absolute Gasteiger partial charge is 0.496 e. The summed E-state index contributed by atoms with van der Waals surface area (Å²) < 4.78 is 10.2. The molecule has 0 fully saturated rings. The SMILES string of the molecule is CNc1nc(-c2cccnc2)nc2ccc(-c3ccc(C(=O)OC)c(OC)c3)cc12. The van der Waals surface area contributed by atoms with E-state index in [4.69, 9.17) is 14.5 Å². The molecule has 0 unspecified atom stereocenters. The third kappa shape index (κ3) is 3.53. The Morgan fingerprint density at radius 3 is 2.47 bits per heavy atom. The number of hydrogen-bond acceptors (Lipinski definition) is 7. The molecule has 2 aromatic carbocycles. The second kappa shape index (κ2) is 8.16. The van der Waals surface area contributed by atoms with Gasteiger partial charge in [-0.1, -0.05) is 12.1 Å². The van der Waals surface area contributed by atoms with Gasteiger partial charge in [0.1, 0.15) is 17.1 Å². The van der Waals surface area contributed by atoms with Crippen LogP contribution in [-0.2, 0) is 4.74 Å². The van der Waals surface area contributed by atoms with Crippen molar-refractivity contribution in [3.8, 4) is 28.3 Å². The first-order valence-electron chi connectivity index (χ1n) is 9.31. The average Bonchev–Trinajstić information content (AvgIpc) is 2.82. The van der Waals surface area contributed by atoms with Crippen LogP contribution in [0.3, 0.4) is 0 Å². The normalized spacial score (nSPS) is 10.6. The monoisotopic (exact) mass is 400 g/mol. The lowest BCUT2D eigenvalue weighted by molar-refractivity contribution is 0.0597. The number of carbonyl (C=O) groups is 1. The highest BCUT2D eigenvalue weighted by molar-refractivity contribution is 5.96. The molecule has 0 aliphatic rings. The van der Waals surface area contributed by atoms with E-state index in [1.807, 2.05) is 49.5 Å². The Labute approximate surface area is 173 Å². The first-order valence-corrected chi connectivity index (χ1v) is 9.31. The maximum Gasteiger partial charge on any atom is 0.341 e. The third-order valence-electron chi connectivity index (χ3n) is 4.79. The number of nitrogens with zero attached hydrogens (tertiary/aromatic N) is 3. The Kier molecular flexibility index (Phi) is 5.26. The van der Waals surface area contributed by atoms with Crippen molar-refractivity contribution in [1.29, 1.82) is 0 Å². The van der Waals surface area contributed by atoms with Crippen LogP contribution in [0.2, 0.25) is 0 Å². The maximum absolute atomic E-state index is 11.9. The molecule has 150 valence electrons. The highest BCUT2D eigenvalue weighted by Crippen LogP contribution is 2.32. The van der Waals surface area contributed by atoms with Crippen molar-refractivity contribution in [2.45, 2.75) is 0 Å². The van der Waals surface area contributed by atoms with Gasteiger partial charge in [-0.3, -0.25) is 4.98 Å². The zero-order valence-corrected chi connectivity index (χ0v) is 16.8. The lowest BCUT2D eigenvalue weighted by Crippen LogP contribution is -2.04. The average molecular weight is 400 g/mol. The quantitative estimate of drug-likeness (QED) is 0.503. The topological polar surface area (TPSA) is 86.2 Å². The van der Waals surface area contributed by atoms with Gasteiger partial charge in [-0.05, 0) is 47.5 Å². The molecule has 0 aliphatic carbocycles. The molecule has 7 heteroatoms. The lowest BCUT2D eigenvalue weighted by Gasteiger charge is -2.12. The van der Waals surface area contributed by atoms with Gasteiger partial charge in [0.25, 0.3) is 0 Å². The van der Waals surface area contributed by atoms with Gasteiger partial charge in [0.05, 0.1) is 19.7 Å². The second-order valence-corrected chi connectivity index (χ2v) is 6.53. The van der Waals surface area contributed by atoms with Gasteiger partial charge in [-0.25, -0.2) is 14.8 Å². The molecule has 0 aliphatic heterocycles. The summed E-state index contributed by atoms with van der Waals surface area (Å²) >= 11 is 0. The van der Waals surface area contributed by atoms with Crippen LogP contribution in [0.25, 0.3) is 33.4 Å². The highest BCUT2D eigenvalue weighted by Gasteiger charge is 2.15. The molecular formula is C23H20N4O3. The molecule has 0 radical (unpaired) electrons. The molecule has 2 heterocycles. The smallest absolute Gasteiger partial charge is 0.341 e. The number of benzene rings is 2. The van der Waals surface area contributed by atoms with Gasteiger partial charge in [0.2, 0.25) is 0 Å². The van der Waals surface area contributed by atoms with Crippen molar-refractivity contribution < 1.29 is 14.3 Å². The summed E-state index contributed by atoms with van der Waals surface area (Å²) in [5.74, 6) is 1.35. The minimum absolute atomic E-state index is 0.380. The number of hydrogen-bond donors (Lipinski definition) is 1. The first kappa shape index (κ1) is 19.3. The van der Waals surface area contributed by atoms with Crippen LogP contribution in [-0.4, -0.2) is 42.2 Å². The van der Waals surface area contributed by atoms with E-state index in [1.54, 1.807) is 18.5 Å². The predicted octanol–water partition coefficient (Wildman–Crippen LogP) is 4.20. The molecule has 4 aromatic rings. The fourth-order valence-electron chi connectivity index (χ4n) is 3.27. The highest BCUT2D eigenvalue weighted by atomic mass is 16.5. The predicted molar refractivity (Wildman–Crippen MR) is 116 cm³/mol. The van der Waals surface area contributed by atoms with Crippen LogP contribution in [0.4, 0.5) is 5.82 Å². The number of esters is 1. The summed E-state index contributed by atoms with van der Waals surface area (Å²) in [5, 5.41) is 4.04.